The molecule has 0 saturated carbocycles. The molecule has 2 aromatic carbocycles. The van der Waals surface area contributed by atoms with Gasteiger partial charge in [0.1, 0.15) is 5.82 Å². The summed E-state index contributed by atoms with van der Waals surface area (Å²) in [5, 5.41) is 9.65. The minimum Gasteiger partial charge on any atom is -0.504 e. The second-order valence-corrected chi connectivity index (χ2v) is 5.73. The normalized spacial score (nSPS) is 15.3. The molecule has 0 amide bonds. The van der Waals surface area contributed by atoms with Crippen molar-refractivity contribution in [1.82, 2.24) is 4.90 Å². The highest BCUT2D eigenvalue weighted by Crippen LogP contribution is 2.28. The van der Waals surface area contributed by atoms with Crippen molar-refractivity contribution in [3.8, 4) is 11.5 Å². The number of ether oxygens (including phenoxy) is 1. The lowest BCUT2D eigenvalue weighted by molar-refractivity contribution is 0.292. The van der Waals surface area contributed by atoms with Crippen molar-refractivity contribution in [1.29, 1.82) is 0 Å². The Kier molecular flexibility index (Phi) is 4.63. The quantitative estimate of drug-likeness (QED) is 0.931. The molecule has 0 unspecified atom stereocenters. The molecule has 1 aliphatic rings. The summed E-state index contributed by atoms with van der Waals surface area (Å²) in [4.78, 5) is 2.33. The number of rotatable bonds is 4. The summed E-state index contributed by atoms with van der Waals surface area (Å²) in [6, 6.07) is 12.1. The van der Waals surface area contributed by atoms with Gasteiger partial charge in [-0.3, -0.25) is 4.90 Å². The van der Waals surface area contributed by atoms with Crippen molar-refractivity contribution >= 4 is 5.57 Å². The minimum absolute atomic E-state index is 0.161. The van der Waals surface area contributed by atoms with E-state index in [0.29, 0.717) is 5.75 Å². The molecular weight excluding hydrogens is 293 g/mol. The van der Waals surface area contributed by atoms with E-state index in [1.807, 2.05) is 24.3 Å². The molecule has 0 bridgehead atoms. The Bertz CT molecular complexity index is 710. The Morgan fingerprint density at radius 2 is 1.96 bits per heavy atom. The van der Waals surface area contributed by atoms with Crippen LogP contribution in [0.4, 0.5) is 4.39 Å². The molecule has 1 N–H and O–H groups in total. The molecule has 23 heavy (non-hydrogen) atoms. The van der Waals surface area contributed by atoms with Crippen molar-refractivity contribution in [2.24, 2.45) is 0 Å². The summed E-state index contributed by atoms with van der Waals surface area (Å²) >= 11 is 0. The van der Waals surface area contributed by atoms with E-state index in [4.69, 9.17) is 4.74 Å². The third-order valence-corrected chi connectivity index (χ3v) is 4.16. The number of methoxy groups -OCH3 is 1. The third kappa shape index (κ3) is 3.71. The zero-order valence-corrected chi connectivity index (χ0v) is 13.1. The second-order valence-electron chi connectivity index (χ2n) is 5.73. The second kappa shape index (κ2) is 6.84. The van der Waals surface area contributed by atoms with Crippen LogP contribution in [0.15, 0.2) is 48.5 Å². The van der Waals surface area contributed by atoms with Gasteiger partial charge in [-0.05, 0) is 47.4 Å². The van der Waals surface area contributed by atoms with E-state index in [0.717, 1.165) is 37.2 Å². The van der Waals surface area contributed by atoms with Gasteiger partial charge in [0.05, 0.1) is 7.11 Å². The van der Waals surface area contributed by atoms with E-state index in [1.54, 1.807) is 13.2 Å². The van der Waals surface area contributed by atoms with Crippen molar-refractivity contribution in [3.63, 3.8) is 0 Å². The van der Waals surface area contributed by atoms with Crippen LogP contribution in [-0.2, 0) is 6.54 Å². The predicted molar refractivity (Wildman–Crippen MR) is 88.9 cm³/mol. The maximum atomic E-state index is 13.0. The van der Waals surface area contributed by atoms with Crippen LogP contribution in [0.3, 0.4) is 0 Å². The number of halogens is 1. The van der Waals surface area contributed by atoms with Crippen molar-refractivity contribution in [2.75, 3.05) is 20.2 Å². The average Bonchev–Trinajstić information content (AvgIpc) is 2.58. The first kappa shape index (κ1) is 15.6. The van der Waals surface area contributed by atoms with Gasteiger partial charge in [-0.2, -0.15) is 0 Å². The number of nitrogens with zero attached hydrogens (tertiary/aromatic N) is 1. The van der Waals surface area contributed by atoms with Crippen LogP contribution >= 0.6 is 0 Å². The number of benzene rings is 2. The monoisotopic (exact) mass is 313 g/mol. The van der Waals surface area contributed by atoms with E-state index in [9.17, 15) is 9.50 Å². The predicted octanol–water partition coefficient (Wildman–Crippen LogP) is 3.83. The zero-order valence-electron chi connectivity index (χ0n) is 13.1. The van der Waals surface area contributed by atoms with Gasteiger partial charge in [-0.1, -0.05) is 24.3 Å². The van der Waals surface area contributed by atoms with Gasteiger partial charge < -0.3 is 9.84 Å². The number of aromatic hydroxyl groups is 1. The minimum atomic E-state index is -0.201. The fourth-order valence-electron chi connectivity index (χ4n) is 2.86. The largest absolute Gasteiger partial charge is 0.504 e. The first-order chi connectivity index (χ1) is 11.2. The zero-order chi connectivity index (χ0) is 16.2. The van der Waals surface area contributed by atoms with Crippen molar-refractivity contribution in [2.45, 2.75) is 13.0 Å². The highest BCUT2D eigenvalue weighted by Gasteiger charge is 2.14. The SMILES string of the molecule is COc1cc(CN2CC=C(c3ccc(F)cc3)CC2)ccc1O. The fraction of sp³-hybridized carbons (Fsp3) is 0.263. The lowest BCUT2D eigenvalue weighted by Gasteiger charge is -2.26. The lowest BCUT2D eigenvalue weighted by atomic mass is 9.99. The van der Waals surface area contributed by atoms with Crippen molar-refractivity contribution in [3.05, 3.63) is 65.5 Å². The Morgan fingerprint density at radius 1 is 1.17 bits per heavy atom. The maximum absolute atomic E-state index is 13.0. The van der Waals surface area contributed by atoms with Crippen LogP contribution < -0.4 is 4.74 Å². The highest BCUT2D eigenvalue weighted by atomic mass is 19.1. The van der Waals surface area contributed by atoms with E-state index in [-0.39, 0.29) is 11.6 Å². The summed E-state index contributed by atoms with van der Waals surface area (Å²) in [5.74, 6) is 0.462. The average molecular weight is 313 g/mol. The van der Waals surface area contributed by atoms with E-state index >= 15 is 0 Å². The summed E-state index contributed by atoms with van der Waals surface area (Å²) in [6.07, 6.45) is 3.15. The molecule has 1 heterocycles. The van der Waals surface area contributed by atoms with Crippen LogP contribution in [0.1, 0.15) is 17.5 Å². The molecule has 1 aliphatic heterocycles. The van der Waals surface area contributed by atoms with Gasteiger partial charge in [0.2, 0.25) is 0 Å². The highest BCUT2D eigenvalue weighted by molar-refractivity contribution is 5.66. The first-order valence-corrected chi connectivity index (χ1v) is 7.69. The first-order valence-electron chi connectivity index (χ1n) is 7.69. The Balaban J connectivity index is 1.65. The topological polar surface area (TPSA) is 32.7 Å². The Morgan fingerprint density at radius 3 is 2.61 bits per heavy atom. The molecule has 0 radical (unpaired) electrons. The summed E-state index contributed by atoms with van der Waals surface area (Å²) in [6.45, 7) is 2.62. The summed E-state index contributed by atoms with van der Waals surface area (Å²) < 4.78 is 18.1. The van der Waals surface area contributed by atoms with Gasteiger partial charge in [-0.15, -0.1) is 0 Å². The number of hydrogen-bond acceptors (Lipinski definition) is 3. The van der Waals surface area contributed by atoms with Crippen LogP contribution in [0.2, 0.25) is 0 Å². The van der Waals surface area contributed by atoms with Gasteiger partial charge in [0.25, 0.3) is 0 Å². The molecule has 0 fully saturated rings. The molecule has 2 aromatic rings. The van der Waals surface area contributed by atoms with Crippen LogP contribution in [-0.4, -0.2) is 30.2 Å². The molecule has 0 saturated heterocycles. The molecule has 3 rings (SSSR count). The summed E-state index contributed by atoms with van der Waals surface area (Å²) in [7, 11) is 1.55. The molecule has 4 heteroatoms. The van der Waals surface area contributed by atoms with Gasteiger partial charge in [0.15, 0.2) is 11.5 Å². The van der Waals surface area contributed by atoms with E-state index in [2.05, 4.69) is 11.0 Å². The smallest absolute Gasteiger partial charge is 0.160 e. The van der Waals surface area contributed by atoms with Gasteiger partial charge >= 0.3 is 0 Å². The molecule has 0 spiro atoms. The Labute approximate surface area is 135 Å². The number of phenolic OH excluding ortho intramolecular Hbond substituents is 1. The fourth-order valence-corrected chi connectivity index (χ4v) is 2.86. The van der Waals surface area contributed by atoms with Crippen LogP contribution in [0.25, 0.3) is 5.57 Å². The molecule has 0 atom stereocenters. The molecule has 120 valence electrons. The Hall–Kier alpha value is -2.33. The van der Waals surface area contributed by atoms with Crippen molar-refractivity contribution < 1.29 is 14.2 Å². The lowest BCUT2D eigenvalue weighted by Crippen LogP contribution is -2.28. The standard InChI is InChI=1S/C19H20FNO2/c1-23-19-12-14(2-7-18(19)22)13-21-10-8-16(9-11-21)15-3-5-17(20)6-4-15/h2-8,12,22H,9-11,13H2,1H3. The van der Waals surface area contributed by atoms with Crippen LogP contribution in [0, 0.1) is 5.82 Å². The maximum Gasteiger partial charge on any atom is 0.160 e. The van der Waals surface area contributed by atoms with E-state index < -0.39 is 0 Å². The molecule has 0 aliphatic carbocycles. The third-order valence-electron chi connectivity index (χ3n) is 4.16. The molecule has 3 nitrogen and oxygen atoms in total. The summed E-state index contributed by atoms with van der Waals surface area (Å²) in [5.41, 5.74) is 3.47. The number of hydrogen-bond donors (Lipinski definition) is 1. The van der Waals surface area contributed by atoms with Gasteiger partial charge in [0, 0.05) is 19.6 Å². The van der Waals surface area contributed by atoms with Crippen LogP contribution in [0.5, 0.6) is 11.5 Å². The van der Waals surface area contributed by atoms with Gasteiger partial charge in [-0.25, -0.2) is 4.39 Å². The molecular formula is C19H20FNO2. The van der Waals surface area contributed by atoms with E-state index in [1.165, 1.54) is 17.7 Å². The number of phenols is 1. The molecule has 0 aromatic heterocycles.